The lowest BCUT2D eigenvalue weighted by molar-refractivity contribution is -0.116. The number of carbonyl (C=O) groups is 3. The monoisotopic (exact) mass is 399 g/mol. The highest BCUT2D eigenvalue weighted by atomic mass is 35.5. The van der Waals surface area contributed by atoms with Crippen molar-refractivity contribution in [1.29, 1.82) is 0 Å². The topological polar surface area (TPSA) is 69.7 Å². The van der Waals surface area contributed by atoms with Gasteiger partial charge in [0.25, 0.3) is 11.8 Å². The van der Waals surface area contributed by atoms with E-state index in [-0.39, 0.29) is 35.0 Å². The first kappa shape index (κ1) is 19.9. The fourth-order valence-corrected chi connectivity index (χ4v) is 3.53. The van der Waals surface area contributed by atoms with E-state index in [1.165, 1.54) is 0 Å². The molecule has 0 saturated carbocycles. The summed E-state index contributed by atoms with van der Waals surface area (Å²) < 4.78 is 0. The summed E-state index contributed by atoms with van der Waals surface area (Å²) >= 11 is 6.04. The Labute approximate surface area is 169 Å². The minimum atomic E-state index is -0.457. The normalized spacial score (nSPS) is 12.9. The lowest BCUT2D eigenvalue weighted by Crippen LogP contribution is -2.32. The van der Waals surface area contributed by atoms with Crippen LogP contribution in [0.1, 0.15) is 41.0 Å². The van der Waals surface area contributed by atoms with Crippen LogP contribution in [0.3, 0.4) is 0 Å². The third-order valence-electron chi connectivity index (χ3n) is 4.79. The molecular formula is C21H22ClN3O3. The second kappa shape index (κ2) is 8.44. The number of amides is 3. The average Bonchev–Trinajstić information content (AvgIpc) is 2.94. The number of hydrogen-bond donors (Lipinski definition) is 1. The van der Waals surface area contributed by atoms with Crippen molar-refractivity contribution in [1.82, 2.24) is 4.90 Å². The SMILES string of the molecule is CCN(CC)c1ccc(NC(=O)CCN2C(=O)c3cccc(Cl)c3C2=O)cc1. The Morgan fingerprint density at radius 1 is 1.04 bits per heavy atom. The van der Waals surface area contributed by atoms with Crippen LogP contribution in [0.4, 0.5) is 11.4 Å². The summed E-state index contributed by atoms with van der Waals surface area (Å²) in [6, 6.07) is 12.4. The number of halogens is 1. The molecule has 0 spiro atoms. The number of rotatable bonds is 7. The molecule has 0 atom stereocenters. The van der Waals surface area contributed by atoms with Crippen LogP contribution >= 0.6 is 11.6 Å². The highest BCUT2D eigenvalue weighted by molar-refractivity contribution is 6.37. The third kappa shape index (κ3) is 3.87. The van der Waals surface area contributed by atoms with Crippen molar-refractivity contribution >= 4 is 40.7 Å². The van der Waals surface area contributed by atoms with Gasteiger partial charge in [-0.2, -0.15) is 0 Å². The number of nitrogens with one attached hydrogen (secondary N) is 1. The molecule has 0 aliphatic carbocycles. The lowest BCUT2D eigenvalue weighted by atomic mass is 10.1. The number of anilines is 2. The van der Waals surface area contributed by atoms with Gasteiger partial charge < -0.3 is 10.2 Å². The Morgan fingerprint density at radius 2 is 1.71 bits per heavy atom. The fourth-order valence-electron chi connectivity index (χ4n) is 3.28. The van der Waals surface area contributed by atoms with Gasteiger partial charge in [0.05, 0.1) is 16.1 Å². The minimum absolute atomic E-state index is 0.00599. The molecule has 3 amide bonds. The molecule has 3 rings (SSSR count). The highest BCUT2D eigenvalue weighted by Crippen LogP contribution is 2.29. The fraction of sp³-hybridized carbons (Fsp3) is 0.286. The van der Waals surface area contributed by atoms with E-state index in [1.807, 2.05) is 24.3 Å². The first-order valence-electron chi connectivity index (χ1n) is 9.25. The predicted molar refractivity (Wildman–Crippen MR) is 110 cm³/mol. The van der Waals surface area contributed by atoms with Crippen LogP contribution in [-0.4, -0.2) is 42.3 Å². The summed E-state index contributed by atoms with van der Waals surface area (Å²) in [5.74, 6) is -1.14. The van der Waals surface area contributed by atoms with Crippen LogP contribution < -0.4 is 10.2 Å². The molecule has 1 N–H and O–H groups in total. The zero-order valence-electron chi connectivity index (χ0n) is 15.9. The van der Waals surface area contributed by atoms with Gasteiger partial charge in [-0.3, -0.25) is 19.3 Å². The minimum Gasteiger partial charge on any atom is -0.372 e. The zero-order valence-corrected chi connectivity index (χ0v) is 16.6. The van der Waals surface area contributed by atoms with E-state index in [4.69, 9.17) is 11.6 Å². The van der Waals surface area contributed by atoms with Crippen molar-refractivity contribution in [2.24, 2.45) is 0 Å². The molecule has 6 nitrogen and oxygen atoms in total. The van der Waals surface area contributed by atoms with Crippen molar-refractivity contribution in [3.05, 3.63) is 58.6 Å². The number of nitrogens with zero attached hydrogens (tertiary/aromatic N) is 2. The molecule has 0 saturated heterocycles. The lowest BCUT2D eigenvalue weighted by Gasteiger charge is -2.21. The smallest absolute Gasteiger partial charge is 0.263 e. The van der Waals surface area contributed by atoms with Crippen molar-refractivity contribution in [2.75, 3.05) is 29.9 Å². The maximum absolute atomic E-state index is 12.4. The predicted octanol–water partition coefficient (Wildman–Crippen LogP) is 3.81. The Morgan fingerprint density at radius 3 is 2.32 bits per heavy atom. The van der Waals surface area contributed by atoms with Crippen molar-refractivity contribution in [2.45, 2.75) is 20.3 Å². The molecule has 2 aromatic rings. The molecule has 0 fully saturated rings. The van der Waals surface area contributed by atoms with E-state index in [0.29, 0.717) is 5.69 Å². The number of hydrogen-bond acceptors (Lipinski definition) is 4. The molecule has 1 aliphatic heterocycles. The first-order valence-corrected chi connectivity index (χ1v) is 9.63. The number of imide groups is 1. The standard InChI is InChI=1S/C21H22ClN3O3/c1-3-24(4-2)15-10-8-14(9-11-15)23-18(26)12-13-25-20(27)16-6-5-7-17(22)19(16)21(25)28/h5-11H,3-4,12-13H2,1-2H3,(H,23,26). The maximum Gasteiger partial charge on any atom is 0.263 e. The van der Waals surface area contributed by atoms with Crippen LogP contribution in [0, 0.1) is 0 Å². The van der Waals surface area contributed by atoms with Crippen LogP contribution in [0.15, 0.2) is 42.5 Å². The summed E-state index contributed by atoms with van der Waals surface area (Å²) in [5, 5.41) is 3.04. The quantitative estimate of drug-likeness (QED) is 0.719. The van der Waals surface area contributed by atoms with E-state index < -0.39 is 11.8 Å². The van der Waals surface area contributed by atoms with Crippen LogP contribution in [0.5, 0.6) is 0 Å². The Bertz CT molecular complexity index is 908. The van der Waals surface area contributed by atoms with Crippen molar-refractivity contribution in [3.63, 3.8) is 0 Å². The Kier molecular flexibility index (Phi) is 5.99. The summed E-state index contributed by atoms with van der Waals surface area (Å²) in [7, 11) is 0. The molecular weight excluding hydrogens is 378 g/mol. The number of fused-ring (bicyclic) bond motifs is 1. The molecule has 146 valence electrons. The average molecular weight is 400 g/mol. The largest absolute Gasteiger partial charge is 0.372 e. The summed E-state index contributed by atoms with van der Waals surface area (Å²) in [4.78, 5) is 40.4. The van der Waals surface area contributed by atoms with Gasteiger partial charge in [0.1, 0.15) is 0 Å². The molecule has 0 radical (unpaired) electrons. The van der Waals surface area contributed by atoms with Gasteiger partial charge in [0, 0.05) is 37.4 Å². The van der Waals surface area contributed by atoms with E-state index in [0.717, 1.165) is 23.7 Å². The molecule has 0 bridgehead atoms. The Hall–Kier alpha value is -2.86. The molecule has 1 aliphatic rings. The number of carbonyl (C=O) groups excluding carboxylic acids is 3. The van der Waals surface area contributed by atoms with E-state index in [1.54, 1.807) is 18.2 Å². The van der Waals surface area contributed by atoms with Crippen LogP contribution in [0.25, 0.3) is 0 Å². The molecule has 28 heavy (non-hydrogen) atoms. The maximum atomic E-state index is 12.4. The van der Waals surface area contributed by atoms with Crippen LogP contribution in [-0.2, 0) is 4.79 Å². The zero-order chi connectivity index (χ0) is 20.3. The third-order valence-corrected chi connectivity index (χ3v) is 5.11. The van der Waals surface area contributed by atoms with Gasteiger partial charge in [-0.25, -0.2) is 0 Å². The van der Waals surface area contributed by atoms with Gasteiger partial charge in [0.2, 0.25) is 5.91 Å². The highest BCUT2D eigenvalue weighted by Gasteiger charge is 2.37. The molecule has 0 aromatic heterocycles. The van der Waals surface area contributed by atoms with Gasteiger partial charge in [0.15, 0.2) is 0 Å². The van der Waals surface area contributed by atoms with E-state index in [2.05, 4.69) is 24.1 Å². The van der Waals surface area contributed by atoms with Gasteiger partial charge in [-0.15, -0.1) is 0 Å². The van der Waals surface area contributed by atoms with Crippen LogP contribution in [0.2, 0.25) is 5.02 Å². The van der Waals surface area contributed by atoms with E-state index >= 15 is 0 Å². The van der Waals surface area contributed by atoms with E-state index in [9.17, 15) is 14.4 Å². The van der Waals surface area contributed by atoms with Crippen molar-refractivity contribution in [3.8, 4) is 0 Å². The molecule has 2 aromatic carbocycles. The summed E-state index contributed by atoms with van der Waals surface area (Å²) in [6.45, 7) is 6.00. The summed E-state index contributed by atoms with van der Waals surface area (Å²) in [6.07, 6.45) is 0.0148. The molecule has 1 heterocycles. The first-order chi connectivity index (χ1) is 13.5. The van der Waals surface area contributed by atoms with Gasteiger partial charge >= 0.3 is 0 Å². The molecule has 0 unspecified atom stereocenters. The summed E-state index contributed by atoms with van der Waals surface area (Å²) in [5.41, 5.74) is 2.25. The van der Waals surface area contributed by atoms with Crippen molar-refractivity contribution < 1.29 is 14.4 Å². The number of benzene rings is 2. The Balaban J connectivity index is 1.59. The second-order valence-electron chi connectivity index (χ2n) is 6.44. The van der Waals surface area contributed by atoms with Gasteiger partial charge in [-0.1, -0.05) is 17.7 Å². The molecule has 7 heteroatoms. The second-order valence-corrected chi connectivity index (χ2v) is 6.85. The van der Waals surface area contributed by atoms with Gasteiger partial charge in [-0.05, 0) is 50.2 Å².